The van der Waals surface area contributed by atoms with Gasteiger partial charge < -0.3 is 9.15 Å². The van der Waals surface area contributed by atoms with Gasteiger partial charge in [0.2, 0.25) is 10.0 Å². The molecule has 23 heavy (non-hydrogen) atoms. The average Bonchev–Trinajstić information content (AvgIpc) is 3.01. The molecule has 1 aromatic heterocycles. The average molecular weight is 349 g/mol. The zero-order valence-electron chi connectivity index (χ0n) is 12.0. The number of ether oxygens (including phenoxy) is 1. The molecule has 1 atom stereocenters. The Morgan fingerprint density at radius 3 is 2.35 bits per heavy atom. The summed E-state index contributed by atoms with van der Waals surface area (Å²) < 4.78 is 74.2. The van der Waals surface area contributed by atoms with Crippen LogP contribution in [0.1, 0.15) is 17.4 Å². The fourth-order valence-electron chi connectivity index (χ4n) is 1.87. The van der Waals surface area contributed by atoms with Crippen molar-refractivity contribution >= 4 is 10.0 Å². The molecule has 1 unspecified atom stereocenters. The van der Waals surface area contributed by atoms with Crippen LogP contribution in [0.15, 0.2) is 52.0 Å². The molecule has 0 saturated heterocycles. The summed E-state index contributed by atoms with van der Waals surface area (Å²) in [5, 5.41) is 0. The molecule has 0 aliphatic carbocycles. The standard InChI is InChI=1S/C14H14F3NO4S/c1-21-13(12-3-2-8-22-12)9-18-23(19,20)11-6-4-10(5-7-11)14(15,16)17/h2-8,13,18H,9H2,1H3. The molecule has 9 heteroatoms. The van der Waals surface area contributed by atoms with Crippen molar-refractivity contribution in [3.63, 3.8) is 0 Å². The molecule has 2 aromatic rings. The minimum absolute atomic E-state index is 0.118. The second-order valence-corrected chi connectivity index (χ2v) is 6.38. The molecule has 0 aliphatic heterocycles. The summed E-state index contributed by atoms with van der Waals surface area (Å²) in [6.45, 7) is -0.118. The number of sulfonamides is 1. The summed E-state index contributed by atoms with van der Waals surface area (Å²) in [6.07, 6.45) is -3.74. The van der Waals surface area contributed by atoms with E-state index in [-0.39, 0.29) is 11.4 Å². The van der Waals surface area contributed by atoms with Crippen molar-refractivity contribution in [1.82, 2.24) is 4.72 Å². The van der Waals surface area contributed by atoms with Crippen LogP contribution in [0.4, 0.5) is 13.2 Å². The molecule has 1 heterocycles. The number of methoxy groups -OCH3 is 1. The smallest absolute Gasteiger partial charge is 0.416 e. The first-order valence-electron chi connectivity index (χ1n) is 6.47. The van der Waals surface area contributed by atoms with Crippen LogP contribution in [0.3, 0.4) is 0 Å². The van der Waals surface area contributed by atoms with Gasteiger partial charge in [-0.15, -0.1) is 0 Å². The van der Waals surface area contributed by atoms with Gasteiger partial charge in [-0.25, -0.2) is 13.1 Å². The van der Waals surface area contributed by atoms with Crippen LogP contribution in [0.25, 0.3) is 0 Å². The largest absolute Gasteiger partial charge is 0.467 e. The molecule has 0 amide bonds. The first kappa shape index (κ1) is 17.5. The molecule has 1 aromatic carbocycles. The Kier molecular flexibility index (Phi) is 5.12. The highest BCUT2D eigenvalue weighted by atomic mass is 32.2. The molecule has 0 radical (unpaired) electrons. The molecule has 0 aliphatic rings. The van der Waals surface area contributed by atoms with Gasteiger partial charge in [-0.1, -0.05) is 0 Å². The Morgan fingerprint density at radius 2 is 1.87 bits per heavy atom. The van der Waals surface area contributed by atoms with Gasteiger partial charge in [0.25, 0.3) is 0 Å². The lowest BCUT2D eigenvalue weighted by Gasteiger charge is -2.14. The monoisotopic (exact) mass is 349 g/mol. The zero-order valence-corrected chi connectivity index (χ0v) is 12.8. The number of rotatable bonds is 6. The highest BCUT2D eigenvalue weighted by Gasteiger charge is 2.30. The van der Waals surface area contributed by atoms with Crippen molar-refractivity contribution in [2.45, 2.75) is 17.2 Å². The molecule has 0 spiro atoms. The predicted molar refractivity (Wildman–Crippen MR) is 75.1 cm³/mol. The zero-order chi connectivity index (χ0) is 17.1. The fourth-order valence-corrected chi connectivity index (χ4v) is 2.90. The first-order valence-corrected chi connectivity index (χ1v) is 7.95. The first-order chi connectivity index (χ1) is 10.7. The summed E-state index contributed by atoms with van der Waals surface area (Å²) in [4.78, 5) is -0.264. The van der Waals surface area contributed by atoms with Crippen LogP contribution in [0.5, 0.6) is 0 Å². The lowest BCUT2D eigenvalue weighted by atomic mass is 10.2. The highest BCUT2D eigenvalue weighted by molar-refractivity contribution is 7.89. The van der Waals surface area contributed by atoms with E-state index in [4.69, 9.17) is 9.15 Å². The summed E-state index contributed by atoms with van der Waals surface area (Å²) >= 11 is 0. The van der Waals surface area contributed by atoms with Crippen molar-refractivity contribution in [3.8, 4) is 0 Å². The maximum atomic E-state index is 12.5. The molecular weight excluding hydrogens is 335 g/mol. The molecule has 126 valence electrons. The summed E-state index contributed by atoms with van der Waals surface area (Å²) in [7, 11) is -2.57. The van der Waals surface area contributed by atoms with E-state index in [9.17, 15) is 21.6 Å². The third kappa shape index (κ3) is 4.34. The second kappa shape index (κ2) is 6.73. The number of benzene rings is 1. The Balaban J connectivity index is 2.09. The number of halogens is 3. The third-order valence-corrected chi connectivity index (χ3v) is 4.54. The number of alkyl halides is 3. The van der Waals surface area contributed by atoms with Crippen molar-refractivity contribution in [2.24, 2.45) is 0 Å². The van der Waals surface area contributed by atoms with Gasteiger partial charge in [0, 0.05) is 13.7 Å². The van der Waals surface area contributed by atoms with Crippen molar-refractivity contribution in [3.05, 3.63) is 54.0 Å². The lowest BCUT2D eigenvalue weighted by Crippen LogP contribution is -2.29. The van der Waals surface area contributed by atoms with Crippen molar-refractivity contribution in [1.29, 1.82) is 0 Å². The van der Waals surface area contributed by atoms with E-state index in [1.807, 2.05) is 0 Å². The minimum atomic E-state index is -4.52. The Bertz CT molecular complexity index is 724. The van der Waals surface area contributed by atoms with E-state index in [0.717, 1.165) is 24.3 Å². The van der Waals surface area contributed by atoms with Crippen LogP contribution in [-0.4, -0.2) is 22.1 Å². The van der Waals surface area contributed by atoms with E-state index in [0.29, 0.717) is 5.76 Å². The van der Waals surface area contributed by atoms with Crippen LogP contribution >= 0.6 is 0 Å². The second-order valence-electron chi connectivity index (χ2n) is 4.61. The topological polar surface area (TPSA) is 68.5 Å². The number of furan rings is 1. The van der Waals surface area contributed by atoms with Crippen LogP contribution in [-0.2, 0) is 20.9 Å². The van der Waals surface area contributed by atoms with Crippen LogP contribution in [0.2, 0.25) is 0 Å². The van der Waals surface area contributed by atoms with Gasteiger partial charge in [0.05, 0.1) is 16.7 Å². The third-order valence-electron chi connectivity index (χ3n) is 3.10. The minimum Gasteiger partial charge on any atom is -0.467 e. The van der Waals surface area contributed by atoms with Crippen LogP contribution < -0.4 is 4.72 Å². The summed E-state index contributed by atoms with van der Waals surface area (Å²) in [5.41, 5.74) is -0.915. The van der Waals surface area contributed by atoms with E-state index in [1.165, 1.54) is 13.4 Å². The van der Waals surface area contributed by atoms with Gasteiger partial charge in [0.15, 0.2) is 0 Å². The van der Waals surface area contributed by atoms with Gasteiger partial charge in [0.1, 0.15) is 11.9 Å². The fraction of sp³-hybridized carbons (Fsp3) is 0.286. The SMILES string of the molecule is COC(CNS(=O)(=O)c1ccc(C(F)(F)F)cc1)c1ccco1. The van der Waals surface area contributed by atoms with Crippen LogP contribution in [0, 0.1) is 0 Å². The van der Waals surface area contributed by atoms with Gasteiger partial charge in [-0.3, -0.25) is 0 Å². The molecule has 5 nitrogen and oxygen atoms in total. The number of hydrogen-bond acceptors (Lipinski definition) is 4. The number of nitrogens with one attached hydrogen (secondary N) is 1. The normalized spacial score (nSPS) is 13.9. The Hall–Kier alpha value is -1.84. The van der Waals surface area contributed by atoms with Crippen molar-refractivity contribution < 1.29 is 30.7 Å². The molecule has 0 saturated carbocycles. The molecule has 1 N–H and O–H groups in total. The molecule has 0 fully saturated rings. The van der Waals surface area contributed by atoms with E-state index in [1.54, 1.807) is 12.1 Å². The maximum Gasteiger partial charge on any atom is 0.416 e. The maximum absolute atomic E-state index is 12.5. The van der Waals surface area contributed by atoms with Gasteiger partial charge in [-0.2, -0.15) is 13.2 Å². The molecule has 0 bridgehead atoms. The summed E-state index contributed by atoms with van der Waals surface area (Å²) in [6, 6.07) is 6.50. The molecule has 2 rings (SSSR count). The predicted octanol–water partition coefficient (Wildman–Crippen LogP) is 2.96. The summed E-state index contributed by atoms with van der Waals surface area (Å²) in [5.74, 6) is 0.433. The quantitative estimate of drug-likeness (QED) is 0.871. The van der Waals surface area contributed by atoms with Gasteiger partial charge >= 0.3 is 6.18 Å². The Morgan fingerprint density at radius 1 is 1.22 bits per heavy atom. The van der Waals surface area contributed by atoms with E-state index >= 15 is 0 Å². The lowest BCUT2D eigenvalue weighted by molar-refractivity contribution is -0.137. The van der Waals surface area contributed by atoms with Crippen molar-refractivity contribution in [2.75, 3.05) is 13.7 Å². The number of hydrogen-bond donors (Lipinski definition) is 1. The van der Waals surface area contributed by atoms with Gasteiger partial charge in [-0.05, 0) is 36.4 Å². The highest BCUT2D eigenvalue weighted by Crippen LogP contribution is 2.29. The Labute approximate surface area is 131 Å². The van der Waals surface area contributed by atoms with E-state index < -0.39 is 27.9 Å². The van der Waals surface area contributed by atoms with E-state index in [2.05, 4.69) is 4.72 Å². The molecular formula is C14H14F3NO4S.